The van der Waals surface area contributed by atoms with Gasteiger partial charge in [-0.1, -0.05) is 12.8 Å². The summed E-state index contributed by atoms with van der Waals surface area (Å²) in [7, 11) is 4.88. The maximum absolute atomic E-state index is 12.2. The number of amides is 1. The van der Waals surface area contributed by atoms with Gasteiger partial charge >= 0.3 is 0 Å². The molecule has 2 aliphatic rings. The van der Waals surface area contributed by atoms with Gasteiger partial charge in [0.25, 0.3) is 5.91 Å². The number of hydrogen-bond acceptors (Lipinski definition) is 4. The first-order valence-corrected chi connectivity index (χ1v) is 7.68. The van der Waals surface area contributed by atoms with Crippen LogP contribution in [0.1, 0.15) is 36.8 Å². The molecule has 1 aliphatic carbocycles. The number of likely N-dealkylation sites (N-methyl/N-ethyl adjacent to an activating group) is 1. The summed E-state index contributed by atoms with van der Waals surface area (Å²) >= 11 is 0. The molecule has 1 heterocycles. The Kier molecular flexibility index (Phi) is 5.34. The highest BCUT2D eigenvalue weighted by atomic mass is 79.9. The smallest absolute Gasteiger partial charge is 0.269 e. The molecule has 1 spiro atoms. The van der Waals surface area contributed by atoms with Crippen molar-refractivity contribution >= 4 is 28.6 Å². The number of rotatable bonds is 3. The van der Waals surface area contributed by atoms with Gasteiger partial charge in [0, 0.05) is 24.6 Å². The molecular formula is C17H23BrN2O3. The van der Waals surface area contributed by atoms with Gasteiger partial charge in [0.2, 0.25) is 0 Å². The Hall–Kier alpha value is -1.56. The molecule has 1 aromatic rings. The molecule has 3 rings (SSSR count). The second kappa shape index (κ2) is 6.91. The molecule has 6 heteroatoms. The lowest BCUT2D eigenvalue weighted by Gasteiger charge is -2.34. The molecule has 5 nitrogen and oxygen atoms in total. The van der Waals surface area contributed by atoms with E-state index >= 15 is 0 Å². The van der Waals surface area contributed by atoms with E-state index in [-0.39, 0.29) is 28.3 Å². The minimum absolute atomic E-state index is 0. The molecule has 1 aliphatic heterocycles. The SMILES string of the molecule is Br.CNC(=O)C1=NCC2(CCCC2)c2cc(OC)c(OC)cc21. The minimum Gasteiger partial charge on any atom is -0.493 e. The third-order valence-electron chi connectivity index (χ3n) is 4.89. The van der Waals surface area contributed by atoms with Crippen LogP contribution in [0.15, 0.2) is 17.1 Å². The lowest BCUT2D eigenvalue weighted by atomic mass is 9.73. The molecule has 0 radical (unpaired) electrons. The van der Waals surface area contributed by atoms with Crippen molar-refractivity contribution < 1.29 is 14.3 Å². The van der Waals surface area contributed by atoms with Crippen LogP contribution in [0.5, 0.6) is 11.5 Å². The summed E-state index contributed by atoms with van der Waals surface area (Å²) < 4.78 is 10.9. The predicted octanol–water partition coefficient (Wildman–Crippen LogP) is 2.64. The Morgan fingerprint density at radius 1 is 1.17 bits per heavy atom. The van der Waals surface area contributed by atoms with E-state index in [1.54, 1.807) is 21.3 Å². The van der Waals surface area contributed by atoms with Gasteiger partial charge < -0.3 is 14.8 Å². The number of ether oxygens (including phenoxy) is 2. The van der Waals surface area contributed by atoms with Crippen LogP contribution < -0.4 is 14.8 Å². The Labute approximate surface area is 147 Å². The van der Waals surface area contributed by atoms with Crippen molar-refractivity contribution in [1.82, 2.24) is 5.32 Å². The van der Waals surface area contributed by atoms with Crippen LogP contribution in [0.25, 0.3) is 0 Å². The summed E-state index contributed by atoms with van der Waals surface area (Å²) in [6, 6.07) is 3.93. The van der Waals surface area contributed by atoms with Gasteiger partial charge in [0.1, 0.15) is 5.71 Å². The van der Waals surface area contributed by atoms with Crippen LogP contribution in [0.4, 0.5) is 0 Å². The van der Waals surface area contributed by atoms with E-state index in [2.05, 4.69) is 10.3 Å². The number of aliphatic imine (C=N–C) groups is 1. The number of fused-ring (bicyclic) bond motifs is 2. The number of methoxy groups -OCH3 is 2. The first-order chi connectivity index (χ1) is 10.6. The number of carbonyl (C=O) groups excluding carboxylic acids is 1. The first-order valence-electron chi connectivity index (χ1n) is 7.68. The fourth-order valence-electron chi connectivity index (χ4n) is 3.71. The maximum atomic E-state index is 12.2. The van der Waals surface area contributed by atoms with Crippen LogP contribution in [0.2, 0.25) is 0 Å². The van der Waals surface area contributed by atoms with Gasteiger partial charge in [-0.25, -0.2) is 0 Å². The van der Waals surface area contributed by atoms with E-state index in [0.717, 1.165) is 18.4 Å². The van der Waals surface area contributed by atoms with Crippen LogP contribution in [-0.4, -0.2) is 39.4 Å². The number of nitrogens with one attached hydrogen (secondary N) is 1. The molecule has 126 valence electrons. The first kappa shape index (κ1) is 17.8. The van der Waals surface area contributed by atoms with Crippen LogP contribution in [0.3, 0.4) is 0 Å². The Balaban J connectivity index is 0.00000192. The van der Waals surface area contributed by atoms with Gasteiger partial charge in [-0.3, -0.25) is 9.79 Å². The second-order valence-corrected chi connectivity index (χ2v) is 5.98. The number of halogens is 1. The topological polar surface area (TPSA) is 59.9 Å². The van der Waals surface area contributed by atoms with Gasteiger partial charge in [0.15, 0.2) is 11.5 Å². The standard InChI is InChI=1S/C17H22N2O3.BrH/c1-18-16(20)15-11-8-13(21-2)14(22-3)9-12(11)17(10-19-15)6-4-5-7-17;/h8-9H,4-7,10H2,1-3H3,(H,18,20);1H. The van der Waals surface area contributed by atoms with Crippen molar-refractivity contribution in [1.29, 1.82) is 0 Å². The zero-order valence-corrected chi connectivity index (χ0v) is 15.5. The number of hydrogen-bond donors (Lipinski definition) is 1. The molecule has 0 unspecified atom stereocenters. The molecule has 0 saturated heterocycles. The monoisotopic (exact) mass is 382 g/mol. The normalized spacial score (nSPS) is 17.8. The van der Waals surface area contributed by atoms with Gasteiger partial charge in [-0.2, -0.15) is 0 Å². The summed E-state index contributed by atoms with van der Waals surface area (Å²) in [4.78, 5) is 16.8. The van der Waals surface area contributed by atoms with E-state index in [1.807, 2.05) is 12.1 Å². The number of benzene rings is 1. The number of nitrogens with zero attached hydrogens (tertiary/aromatic N) is 1. The van der Waals surface area contributed by atoms with Gasteiger partial charge in [-0.05, 0) is 30.5 Å². The molecule has 1 amide bonds. The van der Waals surface area contributed by atoms with Crippen LogP contribution in [0, 0.1) is 0 Å². The van der Waals surface area contributed by atoms with Crippen LogP contribution >= 0.6 is 17.0 Å². The second-order valence-electron chi connectivity index (χ2n) is 5.98. The van der Waals surface area contributed by atoms with Crippen LogP contribution in [-0.2, 0) is 10.2 Å². The summed E-state index contributed by atoms with van der Waals surface area (Å²) in [5.41, 5.74) is 2.60. The molecule has 1 N–H and O–H groups in total. The molecule has 0 bridgehead atoms. The quantitative estimate of drug-likeness (QED) is 0.873. The number of carbonyl (C=O) groups is 1. The highest BCUT2D eigenvalue weighted by Gasteiger charge is 2.42. The summed E-state index contributed by atoms with van der Waals surface area (Å²) in [6.45, 7) is 0.679. The average molecular weight is 383 g/mol. The summed E-state index contributed by atoms with van der Waals surface area (Å²) in [6.07, 6.45) is 4.64. The van der Waals surface area contributed by atoms with Crippen molar-refractivity contribution in [2.45, 2.75) is 31.1 Å². The van der Waals surface area contributed by atoms with Crippen molar-refractivity contribution in [3.05, 3.63) is 23.3 Å². The van der Waals surface area contributed by atoms with Crippen molar-refractivity contribution in [2.24, 2.45) is 4.99 Å². The Morgan fingerprint density at radius 3 is 2.35 bits per heavy atom. The minimum atomic E-state index is -0.152. The average Bonchev–Trinajstić information content (AvgIpc) is 3.03. The summed E-state index contributed by atoms with van der Waals surface area (Å²) in [5, 5.41) is 2.68. The third-order valence-corrected chi connectivity index (χ3v) is 4.89. The van der Waals surface area contributed by atoms with Gasteiger partial charge in [0.05, 0.1) is 14.2 Å². The van der Waals surface area contributed by atoms with E-state index in [4.69, 9.17) is 9.47 Å². The van der Waals surface area contributed by atoms with Crippen molar-refractivity contribution in [3.8, 4) is 11.5 Å². The molecule has 23 heavy (non-hydrogen) atoms. The fourth-order valence-corrected chi connectivity index (χ4v) is 3.71. The molecule has 0 atom stereocenters. The lowest BCUT2D eigenvalue weighted by Crippen LogP contribution is -2.38. The Bertz CT molecular complexity index is 637. The lowest BCUT2D eigenvalue weighted by molar-refractivity contribution is -0.114. The zero-order chi connectivity index (χ0) is 15.7. The molecule has 1 aromatic carbocycles. The van der Waals surface area contributed by atoms with Crippen molar-refractivity contribution in [3.63, 3.8) is 0 Å². The molecule has 1 saturated carbocycles. The van der Waals surface area contributed by atoms with E-state index < -0.39 is 0 Å². The summed E-state index contributed by atoms with van der Waals surface area (Å²) in [5.74, 6) is 1.19. The largest absolute Gasteiger partial charge is 0.493 e. The van der Waals surface area contributed by atoms with E-state index in [1.165, 1.54) is 18.4 Å². The molecule has 1 fully saturated rings. The fraction of sp³-hybridized carbons (Fsp3) is 0.529. The zero-order valence-electron chi connectivity index (χ0n) is 13.8. The third kappa shape index (κ3) is 2.84. The van der Waals surface area contributed by atoms with E-state index in [9.17, 15) is 4.79 Å². The highest BCUT2D eigenvalue weighted by Crippen LogP contribution is 2.47. The highest BCUT2D eigenvalue weighted by molar-refractivity contribution is 8.93. The molecule has 0 aromatic heterocycles. The predicted molar refractivity (Wildman–Crippen MR) is 95.5 cm³/mol. The van der Waals surface area contributed by atoms with Crippen molar-refractivity contribution in [2.75, 3.05) is 27.8 Å². The van der Waals surface area contributed by atoms with E-state index in [0.29, 0.717) is 23.8 Å². The maximum Gasteiger partial charge on any atom is 0.269 e. The molecular weight excluding hydrogens is 360 g/mol. The van der Waals surface area contributed by atoms with Gasteiger partial charge in [-0.15, -0.1) is 17.0 Å². The Morgan fingerprint density at radius 2 is 1.78 bits per heavy atom.